The molecule has 3 nitrogen and oxygen atoms in total. The number of hydrogen-bond acceptors (Lipinski definition) is 2. The first-order valence-electron chi connectivity index (χ1n) is 5.50. The Kier molecular flexibility index (Phi) is 5.28. The Morgan fingerprint density at radius 2 is 1.76 bits per heavy atom. The smallest absolute Gasteiger partial charge is 0.235 e. The maximum absolute atomic E-state index is 12.7. The highest BCUT2D eigenvalue weighted by Gasteiger charge is 2.14. The molecule has 1 aromatic rings. The lowest BCUT2D eigenvalue weighted by molar-refractivity contribution is -0.128. The average Bonchev–Trinajstić information content (AvgIpc) is 2.31. The third-order valence-corrected chi connectivity index (χ3v) is 3.75. The van der Waals surface area contributed by atoms with E-state index in [1.165, 1.54) is 24.3 Å². The van der Waals surface area contributed by atoms with Gasteiger partial charge in [0.15, 0.2) is 0 Å². The van der Waals surface area contributed by atoms with Gasteiger partial charge in [-0.15, -0.1) is 0 Å². The first-order chi connectivity index (χ1) is 8.08. The molecule has 0 aliphatic rings. The standard InChI is InChI=1S/C12H16FNO2S/c1-3-14(4-2)12(15)9-17(16)11-7-5-10(13)6-8-11/h5-8H,3-4,9H2,1-2H3. The van der Waals surface area contributed by atoms with Crippen LogP contribution in [0.1, 0.15) is 13.8 Å². The summed E-state index contributed by atoms with van der Waals surface area (Å²) in [5.41, 5.74) is 0. The lowest BCUT2D eigenvalue weighted by atomic mass is 10.4. The van der Waals surface area contributed by atoms with Gasteiger partial charge in [-0.3, -0.25) is 9.00 Å². The fourth-order valence-corrected chi connectivity index (χ4v) is 2.46. The zero-order chi connectivity index (χ0) is 12.8. The zero-order valence-electron chi connectivity index (χ0n) is 9.98. The van der Waals surface area contributed by atoms with Crippen molar-refractivity contribution in [3.05, 3.63) is 30.1 Å². The van der Waals surface area contributed by atoms with Gasteiger partial charge in [0.1, 0.15) is 11.6 Å². The highest BCUT2D eigenvalue weighted by atomic mass is 32.2. The molecule has 0 fully saturated rings. The number of nitrogens with zero attached hydrogens (tertiary/aromatic N) is 1. The zero-order valence-corrected chi connectivity index (χ0v) is 10.8. The fraction of sp³-hybridized carbons (Fsp3) is 0.417. The van der Waals surface area contributed by atoms with E-state index in [2.05, 4.69) is 0 Å². The fourth-order valence-electron chi connectivity index (χ4n) is 1.45. The molecule has 1 unspecified atom stereocenters. The molecular weight excluding hydrogens is 241 g/mol. The van der Waals surface area contributed by atoms with Gasteiger partial charge in [0, 0.05) is 18.0 Å². The van der Waals surface area contributed by atoms with Crippen molar-refractivity contribution in [1.29, 1.82) is 0 Å². The second-order valence-corrected chi connectivity index (χ2v) is 4.96. The van der Waals surface area contributed by atoms with Crippen molar-refractivity contribution in [3.8, 4) is 0 Å². The summed E-state index contributed by atoms with van der Waals surface area (Å²) in [6, 6.07) is 5.38. The Morgan fingerprint density at radius 3 is 2.24 bits per heavy atom. The molecule has 1 amide bonds. The third-order valence-electron chi connectivity index (χ3n) is 2.45. The molecule has 1 atom stereocenters. The van der Waals surface area contributed by atoms with Crippen molar-refractivity contribution in [2.75, 3.05) is 18.8 Å². The summed E-state index contributed by atoms with van der Waals surface area (Å²) in [5, 5.41) is 0. The van der Waals surface area contributed by atoms with E-state index in [-0.39, 0.29) is 17.5 Å². The monoisotopic (exact) mass is 257 g/mol. The summed E-state index contributed by atoms with van der Waals surface area (Å²) < 4.78 is 24.5. The van der Waals surface area contributed by atoms with Crippen molar-refractivity contribution < 1.29 is 13.4 Å². The Hall–Kier alpha value is -1.23. The number of benzene rings is 1. The van der Waals surface area contributed by atoms with Crippen molar-refractivity contribution >= 4 is 16.7 Å². The predicted octanol–water partition coefficient (Wildman–Crippen LogP) is 1.80. The Balaban J connectivity index is 2.66. The second kappa shape index (κ2) is 6.49. The normalized spacial score (nSPS) is 12.2. The first kappa shape index (κ1) is 13.8. The van der Waals surface area contributed by atoms with Crippen molar-refractivity contribution in [1.82, 2.24) is 4.90 Å². The lowest BCUT2D eigenvalue weighted by Gasteiger charge is -2.18. The van der Waals surface area contributed by atoms with E-state index in [0.717, 1.165) is 0 Å². The Morgan fingerprint density at radius 1 is 1.24 bits per heavy atom. The van der Waals surface area contributed by atoms with Crippen molar-refractivity contribution in [2.24, 2.45) is 0 Å². The molecule has 0 saturated carbocycles. The van der Waals surface area contributed by atoms with Gasteiger partial charge in [-0.25, -0.2) is 4.39 Å². The molecule has 1 rings (SSSR count). The van der Waals surface area contributed by atoms with Crippen LogP contribution in [0.3, 0.4) is 0 Å². The maximum Gasteiger partial charge on any atom is 0.235 e. The molecule has 17 heavy (non-hydrogen) atoms. The molecule has 0 heterocycles. The van der Waals surface area contributed by atoms with Gasteiger partial charge in [-0.1, -0.05) is 0 Å². The molecular formula is C12H16FNO2S. The third kappa shape index (κ3) is 3.93. The molecule has 5 heteroatoms. The molecule has 0 bridgehead atoms. The maximum atomic E-state index is 12.7. The molecule has 0 aliphatic heterocycles. The van der Waals surface area contributed by atoms with E-state index in [1.807, 2.05) is 13.8 Å². The minimum absolute atomic E-state index is 0.0483. The molecule has 0 aliphatic carbocycles. The highest BCUT2D eigenvalue weighted by Crippen LogP contribution is 2.08. The largest absolute Gasteiger partial charge is 0.342 e. The molecule has 1 aromatic carbocycles. The van der Waals surface area contributed by atoms with Gasteiger partial charge in [0.05, 0.1) is 10.8 Å². The number of rotatable bonds is 5. The molecule has 0 aromatic heterocycles. The first-order valence-corrected chi connectivity index (χ1v) is 6.82. The van der Waals surface area contributed by atoms with Crippen LogP contribution in [0.5, 0.6) is 0 Å². The summed E-state index contributed by atoms with van der Waals surface area (Å²) in [5.74, 6) is -0.564. The van der Waals surface area contributed by atoms with Crippen LogP contribution in [0.15, 0.2) is 29.2 Å². The lowest BCUT2D eigenvalue weighted by Crippen LogP contribution is -2.34. The van der Waals surface area contributed by atoms with E-state index in [4.69, 9.17) is 0 Å². The summed E-state index contributed by atoms with van der Waals surface area (Å²) in [6.45, 7) is 4.97. The van der Waals surface area contributed by atoms with Gasteiger partial charge < -0.3 is 4.90 Å². The Bertz CT molecular complexity index is 401. The highest BCUT2D eigenvalue weighted by molar-refractivity contribution is 7.85. The van der Waals surface area contributed by atoms with Crippen LogP contribution in [-0.4, -0.2) is 33.9 Å². The SMILES string of the molecule is CCN(CC)C(=O)CS(=O)c1ccc(F)cc1. The number of hydrogen-bond donors (Lipinski definition) is 0. The van der Waals surface area contributed by atoms with Crippen LogP contribution < -0.4 is 0 Å². The summed E-state index contributed by atoms with van der Waals surface area (Å²) >= 11 is 0. The van der Waals surface area contributed by atoms with Gasteiger partial charge in [0.25, 0.3) is 0 Å². The molecule has 0 N–H and O–H groups in total. The minimum atomic E-state index is -1.40. The van der Waals surface area contributed by atoms with Gasteiger partial charge >= 0.3 is 0 Å². The molecule has 0 saturated heterocycles. The molecule has 0 spiro atoms. The summed E-state index contributed by atoms with van der Waals surface area (Å²) in [4.78, 5) is 13.8. The second-order valence-electron chi connectivity index (χ2n) is 3.51. The van der Waals surface area contributed by atoms with Crippen LogP contribution in [-0.2, 0) is 15.6 Å². The van der Waals surface area contributed by atoms with E-state index < -0.39 is 10.8 Å². The van der Waals surface area contributed by atoms with Gasteiger partial charge in [-0.2, -0.15) is 0 Å². The van der Waals surface area contributed by atoms with Crippen LogP contribution >= 0.6 is 0 Å². The van der Waals surface area contributed by atoms with Crippen LogP contribution in [0.2, 0.25) is 0 Å². The van der Waals surface area contributed by atoms with Gasteiger partial charge in [0.2, 0.25) is 5.91 Å². The topological polar surface area (TPSA) is 37.4 Å². The molecule has 94 valence electrons. The quantitative estimate of drug-likeness (QED) is 0.806. The van der Waals surface area contributed by atoms with Gasteiger partial charge in [-0.05, 0) is 38.1 Å². The van der Waals surface area contributed by atoms with E-state index in [9.17, 15) is 13.4 Å². The molecule has 0 radical (unpaired) electrons. The van der Waals surface area contributed by atoms with Crippen LogP contribution in [0.25, 0.3) is 0 Å². The summed E-state index contributed by atoms with van der Waals surface area (Å²) in [7, 11) is -1.40. The van der Waals surface area contributed by atoms with Crippen LogP contribution in [0.4, 0.5) is 4.39 Å². The summed E-state index contributed by atoms with van der Waals surface area (Å²) in [6.07, 6.45) is 0. The minimum Gasteiger partial charge on any atom is -0.342 e. The number of carbonyl (C=O) groups excluding carboxylic acids is 1. The van der Waals surface area contributed by atoms with Crippen molar-refractivity contribution in [2.45, 2.75) is 18.7 Å². The van der Waals surface area contributed by atoms with E-state index in [0.29, 0.717) is 18.0 Å². The van der Waals surface area contributed by atoms with Crippen LogP contribution in [0, 0.1) is 5.82 Å². The number of halogens is 1. The Labute approximate surface area is 103 Å². The predicted molar refractivity (Wildman–Crippen MR) is 65.6 cm³/mol. The van der Waals surface area contributed by atoms with E-state index in [1.54, 1.807) is 4.90 Å². The average molecular weight is 257 g/mol. The van der Waals surface area contributed by atoms with Crippen molar-refractivity contribution in [3.63, 3.8) is 0 Å². The number of carbonyl (C=O) groups is 1. The van der Waals surface area contributed by atoms with E-state index >= 15 is 0 Å². The number of amides is 1.